The Balaban J connectivity index is 1.89. The van der Waals surface area contributed by atoms with E-state index < -0.39 is 0 Å². The van der Waals surface area contributed by atoms with Crippen LogP contribution >= 0.6 is 0 Å². The van der Waals surface area contributed by atoms with Crippen molar-refractivity contribution in [3.63, 3.8) is 0 Å². The molecule has 1 aromatic heterocycles. The van der Waals surface area contributed by atoms with Crippen LogP contribution in [-0.2, 0) is 0 Å². The molecule has 0 bridgehead atoms. The van der Waals surface area contributed by atoms with Crippen molar-refractivity contribution in [2.75, 3.05) is 55.9 Å². The number of aromatic nitrogens is 3. The molecule has 1 fully saturated rings. The van der Waals surface area contributed by atoms with Crippen molar-refractivity contribution in [3.8, 4) is 0 Å². The normalized spacial score (nSPS) is 17.2. The van der Waals surface area contributed by atoms with E-state index in [1.165, 1.54) is 0 Å². The van der Waals surface area contributed by atoms with E-state index in [0.717, 1.165) is 37.3 Å². The molecule has 35 heavy (non-hydrogen) atoms. The molecule has 0 radical (unpaired) electrons. The summed E-state index contributed by atoms with van der Waals surface area (Å²) in [6.07, 6.45) is 0.944. The number of carbonyl (C=O) groups excluding carboxylic acids is 1. The molecule has 3 rings (SSSR count). The first-order valence-corrected chi connectivity index (χ1v) is 12.2. The van der Waals surface area contributed by atoms with Crippen LogP contribution in [0, 0.1) is 12.3 Å². The molecular formula is C25H40N8O2. The quantitative estimate of drug-likeness (QED) is 0.426. The molecule has 1 aromatic carbocycles. The molecule has 4 N–H and O–H groups in total. The van der Waals surface area contributed by atoms with Gasteiger partial charge in [0.15, 0.2) is 0 Å². The van der Waals surface area contributed by atoms with Gasteiger partial charge in [0.2, 0.25) is 17.8 Å². The molecule has 1 amide bonds. The number of aryl methyl sites for hydroxylation is 1. The molecule has 192 valence electrons. The summed E-state index contributed by atoms with van der Waals surface area (Å²) in [5.74, 6) is 1.33. The number of nitrogens with zero attached hydrogens (tertiary/aromatic N) is 5. The fraction of sp³-hybridized carbons (Fsp3) is 0.600. The van der Waals surface area contributed by atoms with Gasteiger partial charge in [-0.05, 0) is 43.4 Å². The minimum Gasteiger partial charge on any atom is -0.395 e. The number of amides is 1. The minimum atomic E-state index is -0.153. The van der Waals surface area contributed by atoms with E-state index in [4.69, 9.17) is 4.98 Å². The Bertz CT molecular complexity index is 1020. The lowest BCUT2D eigenvalue weighted by atomic mass is 9.96. The number of rotatable bonds is 9. The highest BCUT2D eigenvalue weighted by atomic mass is 16.3. The van der Waals surface area contributed by atoms with Crippen molar-refractivity contribution in [3.05, 3.63) is 29.3 Å². The Kier molecular flexibility index (Phi) is 8.50. The summed E-state index contributed by atoms with van der Waals surface area (Å²) < 4.78 is 0. The first kappa shape index (κ1) is 26.6. The van der Waals surface area contributed by atoms with Crippen LogP contribution in [0.25, 0.3) is 0 Å². The lowest BCUT2D eigenvalue weighted by Gasteiger charge is -2.27. The number of likely N-dealkylation sites (tertiary alicyclic amines) is 1. The molecule has 10 heteroatoms. The fourth-order valence-electron chi connectivity index (χ4n) is 4.20. The van der Waals surface area contributed by atoms with Gasteiger partial charge in [0.1, 0.15) is 0 Å². The molecule has 1 aliphatic heterocycles. The van der Waals surface area contributed by atoms with Crippen LogP contribution in [0.15, 0.2) is 18.2 Å². The van der Waals surface area contributed by atoms with Crippen LogP contribution in [0.1, 0.15) is 50.0 Å². The number of carbonyl (C=O) groups is 1. The van der Waals surface area contributed by atoms with Gasteiger partial charge in [-0.15, -0.1) is 0 Å². The van der Waals surface area contributed by atoms with Crippen molar-refractivity contribution in [2.45, 2.75) is 53.1 Å². The zero-order valence-corrected chi connectivity index (χ0v) is 22.0. The van der Waals surface area contributed by atoms with E-state index in [0.29, 0.717) is 23.4 Å². The maximum absolute atomic E-state index is 12.1. The number of benzene rings is 1. The SMILES string of the molecule is CNC(=O)c1ccc(C)c(Nc2nc(N[C@H]3CCN(C(C)CO)C3)nc(N(C)CC(C)(C)C)n2)c1. The van der Waals surface area contributed by atoms with Gasteiger partial charge in [0.25, 0.3) is 5.91 Å². The highest BCUT2D eigenvalue weighted by molar-refractivity contribution is 5.95. The lowest BCUT2D eigenvalue weighted by Crippen LogP contribution is -2.35. The number of hydrogen-bond donors (Lipinski definition) is 4. The molecule has 2 heterocycles. The van der Waals surface area contributed by atoms with Gasteiger partial charge in [-0.25, -0.2) is 0 Å². The van der Waals surface area contributed by atoms with Gasteiger partial charge in [-0.2, -0.15) is 15.0 Å². The Morgan fingerprint density at radius 2 is 1.97 bits per heavy atom. The topological polar surface area (TPSA) is 119 Å². The highest BCUT2D eigenvalue weighted by Crippen LogP contribution is 2.25. The molecular weight excluding hydrogens is 444 g/mol. The lowest BCUT2D eigenvalue weighted by molar-refractivity contribution is 0.0963. The molecule has 0 aliphatic carbocycles. The van der Waals surface area contributed by atoms with E-state index >= 15 is 0 Å². The highest BCUT2D eigenvalue weighted by Gasteiger charge is 2.27. The first-order valence-electron chi connectivity index (χ1n) is 12.2. The second kappa shape index (κ2) is 11.2. The van der Waals surface area contributed by atoms with Crippen molar-refractivity contribution < 1.29 is 9.90 Å². The average molecular weight is 485 g/mol. The number of aliphatic hydroxyl groups excluding tert-OH is 1. The van der Waals surface area contributed by atoms with Gasteiger partial charge in [-0.1, -0.05) is 26.8 Å². The van der Waals surface area contributed by atoms with Crippen LogP contribution in [-0.4, -0.2) is 83.3 Å². The third-order valence-electron chi connectivity index (χ3n) is 6.09. The Morgan fingerprint density at radius 3 is 2.63 bits per heavy atom. The van der Waals surface area contributed by atoms with Crippen molar-refractivity contribution in [1.29, 1.82) is 0 Å². The van der Waals surface area contributed by atoms with Gasteiger partial charge in [-0.3, -0.25) is 9.69 Å². The summed E-state index contributed by atoms with van der Waals surface area (Å²) in [7, 11) is 3.59. The molecule has 1 saturated heterocycles. The largest absolute Gasteiger partial charge is 0.395 e. The number of hydrogen-bond acceptors (Lipinski definition) is 9. The molecule has 2 atom stereocenters. The third kappa shape index (κ3) is 7.25. The Morgan fingerprint density at radius 1 is 1.26 bits per heavy atom. The maximum atomic E-state index is 12.1. The summed E-state index contributed by atoms with van der Waals surface area (Å²) >= 11 is 0. The van der Waals surface area contributed by atoms with E-state index in [1.807, 2.05) is 31.9 Å². The zero-order valence-electron chi connectivity index (χ0n) is 22.0. The summed E-state index contributed by atoms with van der Waals surface area (Å²) in [6.45, 7) is 13.2. The van der Waals surface area contributed by atoms with Crippen LogP contribution in [0.2, 0.25) is 0 Å². The summed E-state index contributed by atoms with van der Waals surface area (Å²) in [5, 5.41) is 18.9. The summed E-state index contributed by atoms with van der Waals surface area (Å²) in [5.41, 5.74) is 2.35. The maximum Gasteiger partial charge on any atom is 0.251 e. The van der Waals surface area contributed by atoms with Gasteiger partial charge in [0, 0.05) is 57.1 Å². The van der Waals surface area contributed by atoms with Crippen LogP contribution in [0.4, 0.5) is 23.5 Å². The molecule has 1 aliphatic rings. The molecule has 0 saturated carbocycles. The van der Waals surface area contributed by atoms with Crippen LogP contribution < -0.4 is 20.9 Å². The molecule has 0 spiro atoms. The molecule has 1 unspecified atom stereocenters. The second-order valence-corrected chi connectivity index (χ2v) is 10.6. The second-order valence-electron chi connectivity index (χ2n) is 10.6. The number of nitrogens with one attached hydrogen (secondary N) is 3. The van der Waals surface area contributed by atoms with Crippen LogP contribution in [0.3, 0.4) is 0 Å². The Labute approximate surface area is 208 Å². The van der Waals surface area contributed by atoms with Crippen molar-refractivity contribution in [2.24, 2.45) is 5.41 Å². The van der Waals surface area contributed by atoms with E-state index in [1.54, 1.807) is 19.2 Å². The van der Waals surface area contributed by atoms with Crippen molar-refractivity contribution >= 4 is 29.4 Å². The van der Waals surface area contributed by atoms with E-state index in [9.17, 15) is 9.90 Å². The standard InChI is InChI=1S/C25H40N8O2/c1-16-8-9-18(21(35)26-6)12-20(16)28-23-29-22(27-19-10-11-33(13-19)17(2)14-34)30-24(31-23)32(7)15-25(3,4)5/h8-9,12,17,19,34H,10-11,13-15H2,1-7H3,(H,26,35)(H2,27,28,29,30,31)/t17?,19-/m0/s1. The first-order chi connectivity index (χ1) is 16.5. The third-order valence-corrected chi connectivity index (χ3v) is 6.09. The summed E-state index contributed by atoms with van der Waals surface area (Å²) in [4.78, 5) is 30.5. The zero-order chi connectivity index (χ0) is 25.8. The molecule has 10 nitrogen and oxygen atoms in total. The van der Waals surface area contributed by atoms with Crippen molar-refractivity contribution in [1.82, 2.24) is 25.2 Å². The number of aliphatic hydroxyl groups is 1. The average Bonchev–Trinajstić information content (AvgIpc) is 3.26. The minimum absolute atomic E-state index is 0.0629. The van der Waals surface area contributed by atoms with Gasteiger partial charge < -0.3 is 26.0 Å². The number of anilines is 4. The molecule has 2 aromatic rings. The van der Waals surface area contributed by atoms with E-state index in [-0.39, 0.29) is 30.0 Å². The van der Waals surface area contributed by atoms with Crippen LogP contribution in [0.5, 0.6) is 0 Å². The smallest absolute Gasteiger partial charge is 0.251 e. The summed E-state index contributed by atoms with van der Waals surface area (Å²) in [6, 6.07) is 5.80. The van der Waals surface area contributed by atoms with Gasteiger partial charge >= 0.3 is 0 Å². The monoisotopic (exact) mass is 484 g/mol. The van der Waals surface area contributed by atoms with Gasteiger partial charge in [0.05, 0.1) is 6.61 Å². The fourth-order valence-corrected chi connectivity index (χ4v) is 4.20. The Hall–Kier alpha value is -2.98. The predicted octanol–water partition coefficient (Wildman–Crippen LogP) is 2.63. The predicted molar refractivity (Wildman–Crippen MR) is 141 cm³/mol. The van der Waals surface area contributed by atoms with E-state index in [2.05, 4.69) is 51.6 Å².